The maximum Gasteiger partial charge on any atom is 0.490 e. The number of aryl methyl sites for hydroxylation is 1. The van der Waals surface area contributed by atoms with Crippen LogP contribution in [0.15, 0.2) is 41.4 Å². The van der Waals surface area contributed by atoms with Crippen LogP contribution < -0.4 is 9.62 Å². The van der Waals surface area contributed by atoms with Gasteiger partial charge in [0.25, 0.3) is 10.0 Å². The van der Waals surface area contributed by atoms with Gasteiger partial charge in [-0.1, -0.05) is 17.7 Å². The van der Waals surface area contributed by atoms with Crippen molar-refractivity contribution >= 4 is 33.5 Å². The molecule has 3 N–H and O–H groups in total. The van der Waals surface area contributed by atoms with Gasteiger partial charge in [0, 0.05) is 45.1 Å². The van der Waals surface area contributed by atoms with E-state index in [1.54, 1.807) is 12.1 Å². The number of nitrogens with zero attached hydrogens (tertiary/aromatic N) is 3. The lowest BCUT2D eigenvalue weighted by Gasteiger charge is -2.38. The van der Waals surface area contributed by atoms with Crippen LogP contribution in [0.4, 0.5) is 24.7 Å². The molecule has 0 radical (unpaired) electrons. The van der Waals surface area contributed by atoms with Crippen molar-refractivity contribution in [2.45, 2.75) is 50.2 Å². The van der Waals surface area contributed by atoms with Crippen molar-refractivity contribution in [1.82, 2.24) is 9.88 Å². The minimum atomic E-state index is -5.08. The van der Waals surface area contributed by atoms with Crippen LogP contribution in [-0.2, 0) is 19.6 Å². The van der Waals surface area contributed by atoms with Gasteiger partial charge in [0.2, 0.25) is 0 Å². The number of anilines is 2. The predicted octanol–water partition coefficient (Wildman–Crippen LogP) is 3.85. The number of piperidine rings is 1. The summed E-state index contributed by atoms with van der Waals surface area (Å²) in [6, 6.07) is 8.25. The molecule has 0 bridgehead atoms. The number of benzene rings is 1. The number of hydrogen-bond acceptors (Lipinski definition) is 8. The van der Waals surface area contributed by atoms with Crippen LogP contribution in [-0.4, -0.2) is 92.6 Å². The van der Waals surface area contributed by atoms with E-state index < -0.39 is 28.1 Å². The fourth-order valence-electron chi connectivity index (χ4n) is 4.08. The summed E-state index contributed by atoms with van der Waals surface area (Å²) in [6.07, 6.45) is -1.03. The van der Waals surface area contributed by atoms with Gasteiger partial charge in [0.05, 0.1) is 16.1 Å². The quantitative estimate of drug-likeness (QED) is 0.323. The third-order valence-corrected chi connectivity index (χ3v) is 7.70. The highest BCUT2D eigenvalue weighted by Gasteiger charge is 2.38. The Morgan fingerprint density at radius 2 is 1.76 bits per heavy atom. The fourth-order valence-corrected chi connectivity index (χ4v) is 5.14. The number of sulfonamides is 1. The smallest absolute Gasteiger partial charge is 0.478 e. The van der Waals surface area contributed by atoms with Crippen molar-refractivity contribution in [3.63, 3.8) is 0 Å². The number of carbonyl (C=O) groups is 2. The molecule has 0 amide bonds. The first-order valence-electron chi connectivity index (χ1n) is 12.8. The molecule has 0 spiro atoms. The standard InChI is InChI=1S/C24H34N4O5S.C2HF3O2/c1-4-33-15-5-12-27(3)20-10-13-28(14-11-20)23-22(16-19(17-25-23)24(29)30)26-34(31,32)21-8-6-18(2)7-9-21;3-2(4,5)1(6)7/h6-9,16-17,20,26H,4-5,10-15H2,1-3H3,(H,29,30);(H,6,7). The second-order valence-electron chi connectivity index (χ2n) is 9.37. The minimum Gasteiger partial charge on any atom is -0.478 e. The second kappa shape index (κ2) is 15.0. The summed E-state index contributed by atoms with van der Waals surface area (Å²) in [5.41, 5.74) is 1.04. The zero-order valence-electron chi connectivity index (χ0n) is 23.0. The van der Waals surface area contributed by atoms with Crippen molar-refractivity contribution in [3.05, 3.63) is 47.7 Å². The molecule has 2 heterocycles. The van der Waals surface area contributed by atoms with Crippen LogP contribution in [0.5, 0.6) is 0 Å². The number of rotatable bonds is 11. The van der Waals surface area contributed by atoms with E-state index in [4.69, 9.17) is 14.6 Å². The van der Waals surface area contributed by atoms with Crippen LogP contribution in [0.3, 0.4) is 0 Å². The molecule has 0 saturated carbocycles. The van der Waals surface area contributed by atoms with Gasteiger partial charge in [-0.25, -0.2) is 23.0 Å². The molecule has 2 aromatic rings. The third kappa shape index (κ3) is 10.5. The second-order valence-corrected chi connectivity index (χ2v) is 11.1. The molecule has 1 aromatic carbocycles. The molecule has 0 aliphatic carbocycles. The lowest BCUT2D eigenvalue weighted by molar-refractivity contribution is -0.192. The van der Waals surface area contributed by atoms with Crippen LogP contribution in [0.2, 0.25) is 0 Å². The molecule has 15 heteroatoms. The van der Waals surface area contributed by atoms with Gasteiger partial charge in [0.15, 0.2) is 5.82 Å². The van der Waals surface area contributed by atoms with E-state index in [1.165, 1.54) is 24.4 Å². The van der Waals surface area contributed by atoms with Crippen molar-refractivity contribution in [2.75, 3.05) is 49.5 Å². The zero-order valence-corrected chi connectivity index (χ0v) is 23.8. The Morgan fingerprint density at radius 1 is 1.17 bits per heavy atom. The molecular formula is C26H35F3N4O7S. The lowest BCUT2D eigenvalue weighted by atomic mass is 10.0. The molecule has 0 unspecified atom stereocenters. The molecule has 1 saturated heterocycles. The van der Waals surface area contributed by atoms with Gasteiger partial charge >= 0.3 is 18.1 Å². The molecular weight excluding hydrogens is 569 g/mol. The molecule has 1 aliphatic rings. The first-order valence-corrected chi connectivity index (χ1v) is 14.3. The largest absolute Gasteiger partial charge is 0.490 e. The maximum absolute atomic E-state index is 13.0. The highest BCUT2D eigenvalue weighted by molar-refractivity contribution is 7.92. The Bertz CT molecular complexity index is 1270. The molecule has 41 heavy (non-hydrogen) atoms. The Morgan fingerprint density at radius 3 is 2.27 bits per heavy atom. The molecule has 1 aromatic heterocycles. The van der Waals surface area contributed by atoms with E-state index in [-0.39, 0.29) is 16.1 Å². The monoisotopic (exact) mass is 604 g/mol. The van der Waals surface area contributed by atoms with E-state index in [0.717, 1.165) is 44.6 Å². The van der Waals surface area contributed by atoms with Crippen molar-refractivity contribution in [2.24, 2.45) is 0 Å². The third-order valence-electron chi connectivity index (χ3n) is 6.32. The Kier molecular flexibility index (Phi) is 12.3. The number of aromatic carboxylic acids is 1. The average molecular weight is 605 g/mol. The van der Waals surface area contributed by atoms with E-state index in [9.17, 15) is 31.5 Å². The average Bonchev–Trinajstić information content (AvgIpc) is 2.91. The van der Waals surface area contributed by atoms with Crippen LogP contribution >= 0.6 is 0 Å². The van der Waals surface area contributed by atoms with Crippen LogP contribution in [0, 0.1) is 6.92 Å². The summed E-state index contributed by atoms with van der Waals surface area (Å²) in [6.45, 7) is 7.69. The highest BCUT2D eigenvalue weighted by Crippen LogP contribution is 2.30. The Hall–Kier alpha value is -3.43. The van der Waals surface area contributed by atoms with Crippen molar-refractivity contribution in [3.8, 4) is 0 Å². The normalized spacial score (nSPS) is 14.4. The molecule has 1 fully saturated rings. The number of hydrogen-bond donors (Lipinski definition) is 3. The first-order chi connectivity index (χ1) is 19.2. The SMILES string of the molecule is CCOCCCN(C)C1CCN(c2ncc(C(=O)O)cc2NS(=O)(=O)c2ccc(C)cc2)CC1.O=C(O)C(F)(F)F. The number of alkyl halides is 3. The number of carboxylic acid groups (broad SMARTS) is 2. The minimum absolute atomic E-state index is 0.0747. The number of carboxylic acids is 2. The molecule has 228 valence electrons. The van der Waals surface area contributed by atoms with Gasteiger partial charge in [-0.2, -0.15) is 13.2 Å². The van der Waals surface area contributed by atoms with Gasteiger partial charge in [-0.3, -0.25) is 4.72 Å². The summed E-state index contributed by atoms with van der Waals surface area (Å²) in [5.74, 6) is -3.48. The van der Waals surface area contributed by atoms with E-state index in [1.807, 2.05) is 18.7 Å². The van der Waals surface area contributed by atoms with Crippen molar-refractivity contribution in [1.29, 1.82) is 0 Å². The number of ether oxygens (including phenoxy) is 1. The summed E-state index contributed by atoms with van der Waals surface area (Å²) < 4.78 is 65.7. The number of aromatic nitrogens is 1. The van der Waals surface area contributed by atoms with E-state index in [2.05, 4.69) is 21.7 Å². The van der Waals surface area contributed by atoms with Gasteiger partial charge in [-0.15, -0.1) is 0 Å². The summed E-state index contributed by atoms with van der Waals surface area (Å²) in [4.78, 5) is 29.2. The Labute approximate surface area is 237 Å². The van der Waals surface area contributed by atoms with Crippen LogP contribution in [0.25, 0.3) is 0 Å². The summed E-state index contributed by atoms with van der Waals surface area (Å²) in [7, 11) is -1.78. The zero-order chi connectivity index (χ0) is 30.8. The van der Waals surface area contributed by atoms with Crippen LogP contribution in [0.1, 0.15) is 42.1 Å². The fraction of sp³-hybridized carbons (Fsp3) is 0.500. The van der Waals surface area contributed by atoms with Gasteiger partial charge in [0.1, 0.15) is 0 Å². The number of pyridine rings is 1. The predicted molar refractivity (Wildman–Crippen MR) is 146 cm³/mol. The first kappa shape index (κ1) is 33.8. The topological polar surface area (TPSA) is 149 Å². The van der Waals surface area contributed by atoms with E-state index in [0.29, 0.717) is 24.9 Å². The highest BCUT2D eigenvalue weighted by atomic mass is 32.2. The van der Waals surface area contributed by atoms with Crippen molar-refractivity contribution < 1.29 is 46.1 Å². The summed E-state index contributed by atoms with van der Waals surface area (Å²) >= 11 is 0. The molecule has 11 nitrogen and oxygen atoms in total. The molecule has 3 rings (SSSR count). The lowest BCUT2D eigenvalue weighted by Crippen LogP contribution is -2.44. The molecule has 1 aliphatic heterocycles. The molecule has 0 atom stereocenters. The van der Waals surface area contributed by atoms with E-state index >= 15 is 0 Å². The maximum atomic E-state index is 13.0. The van der Waals surface area contributed by atoms with Gasteiger partial charge < -0.3 is 24.7 Å². The number of nitrogens with one attached hydrogen (secondary N) is 1. The van der Waals surface area contributed by atoms with Gasteiger partial charge in [-0.05, 0) is 58.4 Å². The number of halogens is 3. The summed E-state index contributed by atoms with van der Waals surface area (Å²) in [5, 5.41) is 16.5. The Balaban J connectivity index is 0.000000745. The number of aliphatic carboxylic acids is 1.